The molecule has 110 valence electrons. The molecule has 1 atom stereocenters. The Hall–Kier alpha value is -0.860. The van der Waals surface area contributed by atoms with Crippen LogP contribution in [-0.4, -0.2) is 6.04 Å². The fraction of sp³-hybridized carbons (Fsp3) is 0.667. The van der Waals surface area contributed by atoms with E-state index in [2.05, 4.69) is 35.8 Å². The van der Waals surface area contributed by atoms with Gasteiger partial charge >= 0.3 is 0 Å². The van der Waals surface area contributed by atoms with Crippen LogP contribution in [0, 0.1) is 5.92 Å². The maximum atomic E-state index is 6.06. The van der Waals surface area contributed by atoms with E-state index in [0.29, 0.717) is 6.04 Å². The first kappa shape index (κ1) is 14.1. The third-order valence-corrected chi connectivity index (χ3v) is 5.74. The van der Waals surface area contributed by atoms with Crippen molar-refractivity contribution in [3.05, 3.63) is 35.9 Å². The van der Waals surface area contributed by atoms with Crippen LogP contribution >= 0.6 is 0 Å². The molecule has 0 bridgehead atoms. The van der Waals surface area contributed by atoms with Crippen molar-refractivity contribution in [3.8, 4) is 0 Å². The Morgan fingerprint density at radius 2 is 1.60 bits per heavy atom. The van der Waals surface area contributed by atoms with E-state index < -0.39 is 0 Å². The molecule has 3 rings (SSSR count). The largest absolute Gasteiger partial charge is 0.271 e. The zero-order chi connectivity index (χ0) is 13.8. The van der Waals surface area contributed by atoms with Crippen molar-refractivity contribution < 1.29 is 0 Å². The topological polar surface area (TPSA) is 38.0 Å². The van der Waals surface area contributed by atoms with Crippen LogP contribution in [0.15, 0.2) is 30.3 Å². The van der Waals surface area contributed by atoms with Crippen molar-refractivity contribution in [2.24, 2.45) is 11.8 Å². The molecule has 0 radical (unpaired) electrons. The molecular weight excluding hydrogens is 244 g/mol. The monoisotopic (exact) mass is 272 g/mol. The average Bonchev–Trinajstić information content (AvgIpc) is 3.04. The summed E-state index contributed by atoms with van der Waals surface area (Å²) in [6, 6.07) is 11.6. The van der Waals surface area contributed by atoms with Gasteiger partial charge in [-0.1, -0.05) is 62.4 Å². The van der Waals surface area contributed by atoms with Crippen LogP contribution in [0.4, 0.5) is 0 Å². The van der Waals surface area contributed by atoms with Gasteiger partial charge in [0.25, 0.3) is 0 Å². The van der Waals surface area contributed by atoms with E-state index in [9.17, 15) is 0 Å². The number of hydrazine groups is 1. The average molecular weight is 272 g/mol. The predicted molar refractivity (Wildman–Crippen MR) is 84.3 cm³/mol. The summed E-state index contributed by atoms with van der Waals surface area (Å²) in [5.74, 6) is 6.82. The molecule has 2 fully saturated rings. The minimum absolute atomic E-state index is 0.267. The second-order valence-electron chi connectivity index (χ2n) is 6.77. The number of benzene rings is 1. The van der Waals surface area contributed by atoms with Crippen LogP contribution in [0.2, 0.25) is 0 Å². The number of nitrogens with two attached hydrogens (primary N) is 1. The third-order valence-electron chi connectivity index (χ3n) is 5.74. The first-order valence-electron chi connectivity index (χ1n) is 8.38. The Morgan fingerprint density at radius 1 is 0.950 bits per heavy atom. The van der Waals surface area contributed by atoms with E-state index in [-0.39, 0.29) is 5.41 Å². The van der Waals surface area contributed by atoms with Crippen LogP contribution in [0.3, 0.4) is 0 Å². The first-order chi connectivity index (χ1) is 9.87. The van der Waals surface area contributed by atoms with Gasteiger partial charge in [0.1, 0.15) is 0 Å². The second kappa shape index (κ2) is 6.28. The SMILES string of the molecule is NNC(C1CCCC1)C1(c2ccccc2)CCCCC1. The zero-order valence-corrected chi connectivity index (χ0v) is 12.5. The summed E-state index contributed by atoms with van der Waals surface area (Å²) >= 11 is 0. The van der Waals surface area contributed by atoms with Crippen molar-refractivity contribution in [3.63, 3.8) is 0 Å². The lowest BCUT2D eigenvalue weighted by Crippen LogP contribution is -2.55. The Bertz CT molecular complexity index is 403. The van der Waals surface area contributed by atoms with Crippen LogP contribution in [0.5, 0.6) is 0 Å². The van der Waals surface area contributed by atoms with Gasteiger partial charge in [-0.05, 0) is 37.2 Å². The Balaban J connectivity index is 1.95. The lowest BCUT2D eigenvalue weighted by Gasteiger charge is -2.46. The first-order valence-corrected chi connectivity index (χ1v) is 8.38. The Morgan fingerprint density at radius 3 is 2.20 bits per heavy atom. The summed E-state index contributed by atoms with van der Waals surface area (Å²) in [7, 11) is 0. The predicted octanol–water partition coefficient (Wildman–Crippen LogP) is 3.91. The highest BCUT2D eigenvalue weighted by atomic mass is 15.2. The highest BCUT2D eigenvalue weighted by Crippen LogP contribution is 2.46. The van der Waals surface area contributed by atoms with Crippen molar-refractivity contribution in [2.45, 2.75) is 69.2 Å². The molecule has 20 heavy (non-hydrogen) atoms. The van der Waals surface area contributed by atoms with Gasteiger partial charge in [0, 0.05) is 11.5 Å². The second-order valence-corrected chi connectivity index (χ2v) is 6.77. The van der Waals surface area contributed by atoms with Gasteiger partial charge in [0.05, 0.1) is 0 Å². The van der Waals surface area contributed by atoms with Gasteiger partial charge in [-0.15, -0.1) is 0 Å². The molecule has 1 aromatic rings. The highest BCUT2D eigenvalue weighted by molar-refractivity contribution is 5.29. The molecule has 0 aliphatic heterocycles. The summed E-state index contributed by atoms with van der Waals surface area (Å²) in [6.45, 7) is 0. The molecular formula is C18H28N2. The van der Waals surface area contributed by atoms with Crippen LogP contribution in [-0.2, 0) is 5.41 Å². The van der Waals surface area contributed by atoms with Gasteiger partial charge in [-0.25, -0.2) is 0 Å². The van der Waals surface area contributed by atoms with E-state index in [1.54, 1.807) is 0 Å². The minimum Gasteiger partial charge on any atom is -0.271 e. The molecule has 2 heteroatoms. The van der Waals surface area contributed by atoms with E-state index in [0.717, 1.165) is 5.92 Å². The van der Waals surface area contributed by atoms with Gasteiger partial charge < -0.3 is 0 Å². The van der Waals surface area contributed by atoms with Gasteiger partial charge in [-0.2, -0.15) is 0 Å². The summed E-state index contributed by atoms with van der Waals surface area (Å²) in [5, 5.41) is 0. The highest BCUT2D eigenvalue weighted by Gasteiger charge is 2.44. The maximum Gasteiger partial charge on any atom is 0.0335 e. The number of rotatable bonds is 4. The zero-order valence-electron chi connectivity index (χ0n) is 12.5. The van der Waals surface area contributed by atoms with Gasteiger partial charge in [-0.3, -0.25) is 11.3 Å². The maximum absolute atomic E-state index is 6.06. The molecule has 2 aliphatic carbocycles. The summed E-state index contributed by atoms with van der Waals surface area (Å²) in [4.78, 5) is 0. The van der Waals surface area contributed by atoms with E-state index in [1.807, 2.05) is 0 Å². The standard InChI is InChI=1S/C18H28N2/c19-20-17(15-9-5-6-10-15)18(13-7-2-8-14-18)16-11-3-1-4-12-16/h1,3-4,11-12,15,17,20H,2,5-10,13-14,19H2. The molecule has 3 N–H and O–H groups in total. The van der Waals surface area contributed by atoms with E-state index >= 15 is 0 Å². The van der Waals surface area contributed by atoms with Gasteiger partial charge in [0.2, 0.25) is 0 Å². The van der Waals surface area contributed by atoms with Crippen molar-refractivity contribution in [2.75, 3.05) is 0 Å². The smallest absolute Gasteiger partial charge is 0.0335 e. The Labute approximate surface area is 123 Å². The van der Waals surface area contributed by atoms with Crippen LogP contribution in [0.1, 0.15) is 63.4 Å². The van der Waals surface area contributed by atoms with Crippen LogP contribution in [0.25, 0.3) is 0 Å². The molecule has 2 aliphatic rings. The summed E-state index contributed by atoms with van der Waals surface area (Å²) in [6.07, 6.45) is 12.1. The molecule has 2 nitrogen and oxygen atoms in total. The van der Waals surface area contributed by atoms with Gasteiger partial charge in [0.15, 0.2) is 0 Å². The summed E-state index contributed by atoms with van der Waals surface area (Å²) in [5.41, 5.74) is 5.03. The van der Waals surface area contributed by atoms with Crippen molar-refractivity contribution >= 4 is 0 Å². The molecule has 0 amide bonds. The van der Waals surface area contributed by atoms with Crippen LogP contribution < -0.4 is 11.3 Å². The quantitative estimate of drug-likeness (QED) is 0.644. The molecule has 0 heterocycles. The van der Waals surface area contributed by atoms with E-state index in [4.69, 9.17) is 5.84 Å². The third kappa shape index (κ3) is 2.51. The molecule has 0 spiro atoms. The fourth-order valence-corrected chi connectivity index (χ4v) is 4.77. The van der Waals surface area contributed by atoms with E-state index in [1.165, 1.54) is 63.4 Å². The lowest BCUT2D eigenvalue weighted by atomic mass is 9.62. The molecule has 0 aromatic heterocycles. The number of hydrogen-bond acceptors (Lipinski definition) is 2. The normalized spacial score (nSPS) is 24.6. The van der Waals surface area contributed by atoms with Crippen molar-refractivity contribution in [1.82, 2.24) is 5.43 Å². The minimum atomic E-state index is 0.267. The molecule has 1 aromatic carbocycles. The lowest BCUT2D eigenvalue weighted by molar-refractivity contribution is 0.162. The fourth-order valence-electron chi connectivity index (χ4n) is 4.77. The number of nitrogens with one attached hydrogen (secondary N) is 1. The molecule has 2 saturated carbocycles. The molecule has 0 saturated heterocycles. The Kier molecular flexibility index (Phi) is 4.42. The van der Waals surface area contributed by atoms with Crippen molar-refractivity contribution in [1.29, 1.82) is 0 Å². The number of hydrogen-bond donors (Lipinski definition) is 2. The molecule has 1 unspecified atom stereocenters. The summed E-state index contributed by atoms with van der Waals surface area (Å²) < 4.78 is 0.